The second kappa shape index (κ2) is 6.87. The minimum atomic E-state index is -0.392. The maximum atomic E-state index is 12.8. The van der Waals surface area contributed by atoms with E-state index in [1.165, 1.54) is 4.90 Å². The van der Waals surface area contributed by atoms with Crippen molar-refractivity contribution in [2.75, 3.05) is 4.90 Å². The molecule has 2 aromatic carbocycles. The van der Waals surface area contributed by atoms with E-state index in [9.17, 15) is 9.59 Å². The van der Waals surface area contributed by atoms with Gasteiger partial charge in [0.25, 0.3) is 0 Å². The van der Waals surface area contributed by atoms with Crippen LogP contribution in [-0.2, 0) is 16.0 Å². The van der Waals surface area contributed by atoms with Crippen LogP contribution in [-0.4, -0.2) is 11.8 Å². The molecule has 24 heavy (non-hydrogen) atoms. The van der Waals surface area contributed by atoms with Gasteiger partial charge in [0, 0.05) is 20.4 Å². The highest BCUT2D eigenvalue weighted by molar-refractivity contribution is 9.10. The first-order chi connectivity index (χ1) is 11.4. The molecule has 1 aliphatic rings. The highest BCUT2D eigenvalue weighted by atomic mass is 79.9. The number of rotatable bonds is 3. The lowest BCUT2D eigenvalue weighted by Gasteiger charge is -2.16. The number of hydrogen-bond acceptors (Lipinski definition) is 2. The van der Waals surface area contributed by atoms with Gasteiger partial charge >= 0.3 is 0 Å². The first-order valence-electron chi connectivity index (χ1n) is 7.45. The van der Waals surface area contributed by atoms with Crippen molar-refractivity contribution >= 4 is 56.6 Å². The Morgan fingerprint density at radius 3 is 2.17 bits per heavy atom. The fourth-order valence-corrected chi connectivity index (χ4v) is 3.70. The molecular weight excluding hydrogens is 413 g/mol. The molecule has 0 spiro atoms. The summed E-state index contributed by atoms with van der Waals surface area (Å²) in [6.07, 6.45) is 0.518. The normalized spacial score (nSPS) is 20.8. The molecule has 3 nitrogen and oxygen atoms in total. The van der Waals surface area contributed by atoms with Crippen molar-refractivity contribution in [1.82, 2.24) is 0 Å². The molecule has 2 aromatic rings. The Hall–Kier alpha value is -1.36. The van der Waals surface area contributed by atoms with Gasteiger partial charge < -0.3 is 0 Å². The van der Waals surface area contributed by atoms with E-state index in [0.29, 0.717) is 22.2 Å². The Morgan fingerprint density at radius 2 is 1.58 bits per heavy atom. The first kappa shape index (κ1) is 17.5. The molecule has 0 aromatic heterocycles. The summed E-state index contributed by atoms with van der Waals surface area (Å²) in [5.74, 6) is -1.22. The molecule has 0 unspecified atom stereocenters. The quantitative estimate of drug-likeness (QED) is 0.638. The topological polar surface area (TPSA) is 37.4 Å². The van der Waals surface area contributed by atoms with Crippen LogP contribution < -0.4 is 4.90 Å². The molecule has 0 radical (unpaired) electrons. The third-order valence-electron chi connectivity index (χ3n) is 4.23. The lowest BCUT2D eigenvalue weighted by atomic mass is 9.90. The number of amides is 2. The molecule has 1 saturated heterocycles. The molecule has 3 rings (SSSR count). The minimum Gasteiger partial charge on any atom is -0.274 e. The zero-order valence-electron chi connectivity index (χ0n) is 12.8. The van der Waals surface area contributed by atoms with Crippen molar-refractivity contribution in [2.45, 2.75) is 13.3 Å². The Bertz CT molecular complexity index is 787. The molecule has 0 bridgehead atoms. The number of benzene rings is 2. The van der Waals surface area contributed by atoms with Crippen molar-refractivity contribution in [3.63, 3.8) is 0 Å². The molecule has 1 heterocycles. The van der Waals surface area contributed by atoms with Crippen LogP contribution >= 0.6 is 39.1 Å². The molecule has 0 N–H and O–H groups in total. The van der Waals surface area contributed by atoms with E-state index in [2.05, 4.69) is 15.9 Å². The predicted molar refractivity (Wildman–Crippen MR) is 99.5 cm³/mol. The number of carbonyl (C=O) groups is 2. The second-order valence-electron chi connectivity index (χ2n) is 5.87. The van der Waals surface area contributed by atoms with Crippen LogP contribution in [0.3, 0.4) is 0 Å². The van der Waals surface area contributed by atoms with Gasteiger partial charge in [-0.2, -0.15) is 0 Å². The molecule has 124 valence electrons. The predicted octanol–water partition coefficient (Wildman–Crippen LogP) is 5.12. The largest absolute Gasteiger partial charge is 0.274 e. The van der Waals surface area contributed by atoms with E-state index in [4.69, 9.17) is 23.2 Å². The van der Waals surface area contributed by atoms with E-state index in [-0.39, 0.29) is 17.7 Å². The lowest BCUT2D eigenvalue weighted by Crippen LogP contribution is -2.31. The molecule has 1 aliphatic heterocycles. The van der Waals surface area contributed by atoms with Crippen molar-refractivity contribution in [3.8, 4) is 0 Å². The summed E-state index contributed by atoms with van der Waals surface area (Å²) in [5.41, 5.74) is 1.44. The van der Waals surface area contributed by atoms with E-state index in [1.54, 1.807) is 25.1 Å². The number of carbonyl (C=O) groups excluding carboxylic acids is 2. The molecule has 0 aliphatic carbocycles. The van der Waals surface area contributed by atoms with Crippen molar-refractivity contribution in [3.05, 3.63) is 62.5 Å². The maximum Gasteiger partial charge on any atom is 0.238 e. The summed E-state index contributed by atoms with van der Waals surface area (Å²) in [5, 5.41) is 0.782. The van der Waals surface area contributed by atoms with Gasteiger partial charge in [0.2, 0.25) is 11.8 Å². The van der Waals surface area contributed by atoms with E-state index >= 15 is 0 Å². The van der Waals surface area contributed by atoms with Gasteiger partial charge in [0.15, 0.2) is 0 Å². The van der Waals surface area contributed by atoms with Gasteiger partial charge in [-0.15, -0.1) is 0 Å². The van der Waals surface area contributed by atoms with E-state index in [0.717, 1.165) is 10.0 Å². The Morgan fingerprint density at radius 1 is 1.00 bits per heavy atom. The standard InChI is InChI=1S/C18H14BrCl2NO2/c1-10-16(6-11-2-4-12(19)5-3-11)18(24)22(17(10)23)15-8-13(20)7-14(21)9-15/h2-5,7-10,16H,6H2,1H3/t10-,16+/m1/s1. The van der Waals surface area contributed by atoms with Crippen LogP contribution in [0.4, 0.5) is 5.69 Å². The Labute approximate surface area is 158 Å². The van der Waals surface area contributed by atoms with Crippen molar-refractivity contribution < 1.29 is 9.59 Å². The van der Waals surface area contributed by atoms with Gasteiger partial charge in [0.05, 0.1) is 11.6 Å². The lowest BCUT2D eigenvalue weighted by molar-refractivity contribution is -0.122. The van der Waals surface area contributed by atoms with Crippen LogP contribution in [0, 0.1) is 11.8 Å². The molecule has 2 amide bonds. The zero-order valence-corrected chi connectivity index (χ0v) is 15.9. The number of nitrogens with zero attached hydrogens (tertiary/aromatic N) is 1. The number of halogens is 3. The van der Waals surface area contributed by atoms with Crippen LogP contribution in [0.2, 0.25) is 10.0 Å². The molecule has 0 saturated carbocycles. The minimum absolute atomic E-state index is 0.214. The van der Waals surface area contributed by atoms with Crippen LogP contribution in [0.1, 0.15) is 12.5 Å². The SMILES string of the molecule is C[C@H]1C(=O)N(c2cc(Cl)cc(Cl)c2)C(=O)[C@H]1Cc1ccc(Br)cc1. The third kappa shape index (κ3) is 3.37. The second-order valence-corrected chi connectivity index (χ2v) is 7.65. The van der Waals surface area contributed by atoms with Gasteiger partial charge in [-0.05, 0) is 42.3 Å². The summed E-state index contributed by atoms with van der Waals surface area (Å²) >= 11 is 15.4. The van der Waals surface area contributed by atoms with E-state index < -0.39 is 5.92 Å². The molecule has 2 atom stereocenters. The Kier molecular flexibility index (Phi) is 5.00. The van der Waals surface area contributed by atoms with Crippen LogP contribution in [0.5, 0.6) is 0 Å². The van der Waals surface area contributed by atoms with Gasteiger partial charge in [0.1, 0.15) is 0 Å². The summed E-state index contributed by atoms with van der Waals surface area (Å²) in [6.45, 7) is 1.79. The monoisotopic (exact) mass is 425 g/mol. The fraction of sp³-hybridized carbons (Fsp3) is 0.222. The summed E-state index contributed by atoms with van der Waals surface area (Å²) in [4.78, 5) is 26.6. The smallest absolute Gasteiger partial charge is 0.238 e. The van der Waals surface area contributed by atoms with Crippen molar-refractivity contribution in [2.24, 2.45) is 11.8 Å². The summed E-state index contributed by atoms with van der Waals surface area (Å²) in [7, 11) is 0. The highest BCUT2D eigenvalue weighted by Crippen LogP contribution is 2.35. The third-order valence-corrected chi connectivity index (χ3v) is 5.19. The number of imide groups is 1. The average molecular weight is 427 g/mol. The fourth-order valence-electron chi connectivity index (χ4n) is 2.93. The van der Waals surface area contributed by atoms with Gasteiger partial charge in [-0.1, -0.05) is 58.2 Å². The van der Waals surface area contributed by atoms with Crippen molar-refractivity contribution in [1.29, 1.82) is 0 Å². The van der Waals surface area contributed by atoms with Crippen LogP contribution in [0.15, 0.2) is 46.9 Å². The van der Waals surface area contributed by atoms with Gasteiger partial charge in [-0.3, -0.25) is 9.59 Å². The number of anilines is 1. The summed E-state index contributed by atoms with van der Waals surface area (Å²) in [6, 6.07) is 12.5. The van der Waals surface area contributed by atoms with Crippen LogP contribution in [0.25, 0.3) is 0 Å². The average Bonchev–Trinajstić information content (AvgIpc) is 2.72. The number of hydrogen-bond donors (Lipinski definition) is 0. The molecular formula is C18H14BrCl2NO2. The Balaban J connectivity index is 1.90. The first-order valence-corrected chi connectivity index (χ1v) is 9.00. The maximum absolute atomic E-state index is 12.8. The van der Waals surface area contributed by atoms with E-state index in [1.807, 2.05) is 24.3 Å². The highest BCUT2D eigenvalue weighted by Gasteiger charge is 2.45. The van der Waals surface area contributed by atoms with Gasteiger partial charge in [-0.25, -0.2) is 4.90 Å². The molecule has 1 fully saturated rings. The molecule has 6 heteroatoms. The summed E-state index contributed by atoms with van der Waals surface area (Å²) < 4.78 is 0.975. The zero-order chi connectivity index (χ0) is 17.4.